The summed E-state index contributed by atoms with van der Waals surface area (Å²) in [5, 5.41) is 13.3. The Kier molecular flexibility index (Phi) is 3.63. The summed E-state index contributed by atoms with van der Waals surface area (Å²) < 4.78 is 2.18. The van der Waals surface area contributed by atoms with Gasteiger partial charge in [0.1, 0.15) is 0 Å². The summed E-state index contributed by atoms with van der Waals surface area (Å²) >= 11 is 0. The maximum absolute atomic E-state index is 9.84. The molecule has 0 spiro atoms. The van der Waals surface area contributed by atoms with Gasteiger partial charge in [-0.05, 0) is 29.8 Å². The van der Waals surface area contributed by atoms with E-state index in [1.807, 2.05) is 42.5 Å². The minimum Gasteiger partial charge on any atom is -0.347 e. The first kappa shape index (κ1) is 15.2. The van der Waals surface area contributed by atoms with Crippen LogP contribution in [-0.4, -0.2) is 4.57 Å². The van der Waals surface area contributed by atoms with Gasteiger partial charge in [-0.25, -0.2) is 0 Å². The average molecular weight is 322 g/mol. The second kappa shape index (κ2) is 5.96. The molecule has 0 fully saturated rings. The van der Waals surface area contributed by atoms with Crippen LogP contribution in [0.4, 0.5) is 0 Å². The van der Waals surface area contributed by atoms with E-state index in [9.17, 15) is 5.26 Å². The van der Waals surface area contributed by atoms with Gasteiger partial charge in [-0.15, -0.1) is 0 Å². The highest BCUT2D eigenvalue weighted by Gasteiger charge is 2.12. The normalized spacial score (nSPS) is 11.8. The number of hydrogen-bond donors (Lipinski definition) is 0. The molecule has 4 aromatic rings. The molecule has 0 atom stereocenters. The first-order valence-corrected chi connectivity index (χ1v) is 8.34. The molecule has 1 heterocycles. The Balaban J connectivity index is 1.99. The maximum Gasteiger partial charge on any atom is 0.0998 e. The van der Waals surface area contributed by atoms with Gasteiger partial charge < -0.3 is 4.57 Å². The number of para-hydroxylation sites is 1. The van der Waals surface area contributed by atoms with Crippen LogP contribution in [0.1, 0.15) is 16.8 Å². The van der Waals surface area contributed by atoms with E-state index in [-0.39, 0.29) is 0 Å². The molecule has 3 aromatic carbocycles. The van der Waals surface area contributed by atoms with Crippen LogP contribution in [-0.2, 0) is 7.05 Å². The van der Waals surface area contributed by atoms with Gasteiger partial charge in [0.2, 0.25) is 0 Å². The molecule has 0 N–H and O–H groups in total. The van der Waals surface area contributed by atoms with Crippen LogP contribution in [0.3, 0.4) is 0 Å². The Morgan fingerprint density at radius 3 is 2.40 bits per heavy atom. The third kappa shape index (κ3) is 2.42. The molecule has 120 valence electrons. The number of rotatable bonds is 2. The summed E-state index contributed by atoms with van der Waals surface area (Å²) in [6, 6.07) is 25.1. The predicted molar refractivity (Wildman–Crippen MR) is 105 cm³/mol. The van der Waals surface area contributed by atoms with Crippen molar-refractivity contribution in [2.45, 2.75) is 6.92 Å². The smallest absolute Gasteiger partial charge is 0.0998 e. The molecule has 0 aliphatic rings. The molecule has 1 aromatic heterocycles. The van der Waals surface area contributed by atoms with Gasteiger partial charge in [0.05, 0.1) is 11.6 Å². The SMILES string of the molecule is Cc1c(/C=C(\C#N)c2cccc3ccccc23)c2ccccc2n1C. The maximum atomic E-state index is 9.84. The zero-order valence-electron chi connectivity index (χ0n) is 14.3. The summed E-state index contributed by atoms with van der Waals surface area (Å²) in [5.41, 5.74) is 5.13. The number of aromatic nitrogens is 1. The molecular weight excluding hydrogens is 304 g/mol. The van der Waals surface area contributed by atoms with Crippen LogP contribution >= 0.6 is 0 Å². The number of hydrogen-bond acceptors (Lipinski definition) is 1. The van der Waals surface area contributed by atoms with Crippen molar-refractivity contribution >= 4 is 33.3 Å². The van der Waals surface area contributed by atoms with Gasteiger partial charge >= 0.3 is 0 Å². The minimum absolute atomic E-state index is 0.691. The monoisotopic (exact) mass is 322 g/mol. The second-order valence-electron chi connectivity index (χ2n) is 6.27. The molecule has 0 saturated carbocycles. The highest BCUT2D eigenvalue weighted by molar-refractivity contribution is 6.05. The first-order chi connectivity index (χ1) is 12.2. The van der Waals surface area contributed by atoms with E-state index in [0.717, 1.165) is 27.6 Å². The summed E-state index contributed by atoms with van der Waals surface area (Å²) in [5.74, 6) is 0. The van der Waals surface area contributed by atoms with Gasteiger partial charge in [-0.1, -0.05) is 60.7 Å². The topological polar surface area (TPSA) is 28.7 Å². The quantitative estimate of drug-likeness (QED) is 0.435. The number of fused-ring (bicyclic) bond motifs is 2. The molecule has 0 aliphatic carbocycles. The van der Waals surface area contributed by atoms with E-state index in [2.05, 4.69) is 54.9 Å². The molecule has 0 radical (unpaired) electrons. The molecular formula is C23H18N2. The van der Waals surface area contributed by atoms with Gasteiger partial charge in [0.25, 0.3) is 0 Å². The summed E-state index contributed by atoms with van der Waals surface area (Å²) in [6.45, 7) is 2.10. The molecule has 0 bridgehead atoms. The van der Waals surface area contributed by atoms with Crippen molar-refractivity contribution in [1.29, 1.82) is 5.26 Å². The Morgan fingerprint density at radius 2 is 1.60 bits per heavy atom. The molecule has 0 unspecified atom stereocenters. The van der Waals surface area contributed by atoms with Gasteiger partial charge in [-0.2, -0.15) is 5.26 Å². The fourth-order valence-corrected chi connectivity index (χ4v) is 3.51. The van der Waals surface area contributed by atoms with Crippen molar-refractivity contribution in [3.05, 3.63) is 83.6 Å². The van der Waals surface area contributed by atoms with Crippen LogP contribution in [0.25, 0.3) is 33.3 Å². The average Bonchev–Trinajstić information content (AvgIpc) is 2.90. The van der Waals surface area contributed by atoms with Crippen LogP contribution in [0.5, 0.6) is 0 Å². The van der Waals surface area contributed by atoms with E-state index >= 15 is 0 Å². The zero-order valence-corrected chi connectivity index (χ0v) is 14.3. The standard InChI is InChI=1S/C23H18N2/c1-16-22(21-11-5-6-13-23(21)25(16)2)14-18(15-24)20-12-7-9-17-8-3-4-10-19(17)20/h3-14H,1-2H3/b18-14+. The minimum atomic E-state index is 0.691. The third-order valence-electron chi connectivity index (χ3n) is 4.94. The number of aryl methyl sites for hydroxylation is 1. The molecule has 0 aliphatic heterocycles. The van der Waals surface area contributed by atoms with Gasteiger partial charge in [0.15, 0.2) is 0 Å². The Morgan fingerprint density at radius 1 is 0.920 bits per heavy atom. The van der Waals surface area contributed by atoms with E-state index in [4.69, 9.17) is 0 Å². The highest BCUT2D eigenvalue weighted by atomic mass is 14.9. The largest absolute Gasteiger partial charge is 0.347 e. The first-order valence-electron chi connectivity index (χ1n) is 8.34. The Hall–Kier alpha value is -3.31. The lowest BCUT2D eigenvalue weighted by Crippen LogP contribution is -1.90. The molecule has 2 heteroatoms. The predicted octanol–water partition coefficient (Wildman–Crippen LogP) is 5.70. The van der Waals surface area contributed by atoms with Gasteiger partial charge in [0, 0.05) is 34.8 Å². The summed E-state index contributed by atoms with van der Waals surface area (Å²) in [7, 11) is 2.07. The highest BCUT2D eigenvalue weighted by Crippen LogP contribution is 2.31. The fourth-order valence-electron chi connectivity index (χ4n) is 3.51. The van der Waals surface area contributed by atoms with E-state index in [0.29, 0.717) is 5.57 Å². The second-order valence-corrected chi connectivity index (χ2v) is 6.27. The lowest BCUT2D eigenvalue weighted by atomic mass is 9.97. The van der Waals surface area contributed by atoms with Crippen LogP contribution < -0.4 is 0 Å². The molecule has 4 rings (SSSR count). The lowest BCUT2D eigenvalue weighted by molar-refractivity contribution is 0.916. The van der Waals surface area contributed by atoms with Crippen molar-refractivity contribution in [2.24, 2.45) is 7.05 Å². The molecule has 0 saturated heterocycles. The number of allylic oxidation sites excluding steroid dienone is 1. The number of benzene rings is 3. The van der Waals surface area contributed by atoms with Crippen LogP contribution in [0, 0.1) is 18.3 Å². The van der Waals surface area contributed by atoms with Crippen molar-refractivity contribution in [3.8, 4) is 6.07 Å². The van der Waals surface area contributed by atoms with Crippen LogP contribution in [0.2, 0.25) is 0 Å². The van der Waals surface area contributed by atoms with E-state index in [1.54, 1.807) is 0 Å². The molecule has 0 amide bonds. The van der Waals surface area contributed by atoms with Crippen molar-refractivity contribution in [2.75, 3.05) is 0 Å². The number of nitriles is 1. The summed E-state index contributed by atoms with van der Waals surface area (Å²) in [4.78, 5) is 0. The Bertz CT molecular complexity index is 1160. The van der Waals surface area contributed by atoms with E-state index < -0.39 is 0 Å². The Labute approximate surface area is 147 Å². The lowest BCUT2D eigenvalue weighted by Gasteiger charge is -2.06. The third-order valence-corrected chi connectivity index (χ3v) is 4.94. The molecule has 2 nitrogen and oxygen atoms in total. The van der Waals surface area contributed by atoms with Crippen molar-refractivity contribution in [3.63, 3.8) is 0 Å². The van der Waals surface area contributed by atoms with E-state index in [1.165, 1.54) is 10.9 Å². The fraction of sp³-hybridized carbons (Fsp3) is 0.0870. The van der Waals surface area contributed by atoms with Gasteiger partial charge in [-0.3, -0.25) is 0 Å². The van der Waals surface area contributed by atoms with Crippen molar-refractivity contribution in [1.82, 2.24) is 4.57 Å². The van der Waals surface area contributed by atoms with Crippen molar-refractivity contribution < 1.29 is 0 Å². The summed E-state index contributed by atoms with van der Waals surface area (Å²) in [6.07, 6.45) is 2.03. The number of nitrogens with zero attached hydrogens (tertiary/aromatic N) is 2. The zero-order chi connectivity index (χ0) is 17.4. The van der Waals surface area contributed by atoms with Crippen LogP contribution in [0.15, 0.2) is 66.7 Å². The molecule has 25 heavy (non-hydrogen) atoms.